The molecule has 3 fully saturated rings. The summed E-state index contributed by atoms with van der Waals surface area (Å²) >= 11 is 0. The van der Waals surface area contributed by atoms with Crippen LogP contribution in [0.5, 0.6) is 0 Å². The molecule has 0 atom stereocenters. The van der Waals surface area contributed by atoms with E-state index in [2.05, 4.69) is 174 Å². The molecule has 9 heteroatoms. The van der Waals surface area contributed by atoms with Crippen LogP contribution in [-0.2, 0) is 27.9 Å². The van der Waals surface area contributed by atoms with Gasteiger partial charge in [-0.25, -0.2) is 0 Å². The highest BCUT2D eigenvalue weighted by molar-refractivity contribution is 6.65. The second-order valence-corrected chi connectivity index (χ2v) is 17.3. The predicted molar refractivity (Wildman–Crippen MR) is 210 cm³/mol. The second kappa shape index (κ2) is 12.2. The van der Waals surface area contributed by atoms with Crippen molar-refractivity contribution in [1.82, 2.24) is 0 Å². The zero-order valence-electron chi connectivity index (χ0n) is 32.3. The van der Waals surface area contributed by atoms with E-state index in [1.54, 1.807) is 0 Å². The maximum atomic E-state index is 6.60. The molecule has 4 aromatic carbocycles. The Bertz CT molecular complexity index is 1680. The molecule has 0 unspecified atom stereocenters. The van der Waals surface area contributed by atoms with E-state index >= 15 is 0 Å². The molecule has 264 valence electrons. The number of rotatable bonds is 6. The minimum Gasteiger partial charge on any atom is -0.399 e. The Morgan fingerprint density at radius 2 is 0.510 bits per heavy atom. The molecule has 3 heterocycles. The van der Waals surface area contributed by atoms with Gasteiger partial charge in [-0.05, 0) is 151 Å². The molecule has 51 heavy (non-hydrogen) atoms. The average Bonchev–Trinajstić information content (AvgIpc) is 3.53. The van der Waals surface area contributed by atoms with Crippen molar-refractivity contribution in [3.63, 3.8) is 0 Å². The molecule has 0 N–H and O–H groups in total. The average molecular weight is 684 g/mol. The molecule has 7 rings (SSSR count). The van der Waals surface area contributed by atoms with E-state index in [0.717, 1.165) is 49.8 Å². The lowest BCUT2D eigenvalue weighted by Gasteiger charge is -2.32. The third-order valence-electron chi connectivity index (χ3n) is 12.3. The molecule has 0 bridgehead atoms. The van der Waals surface area contributed by atoms with E-state index in [1.807, 2.05) is 0 Å². The maximum Gasteiger partial charge on any atom is 0.495 e. The van der Waals surface area contributed by atoms with Crippen molar-refractivity contribution in [1.29, 1.82) is 0 Å². The largest absolute Gasteiger partial charge is 0.495 e. The standard InChI is InChI=1S/C42H51B3O6/c1-37(2)38(3,4)47-43(46-37)34-22-16-13-19-31(34)28-25-29(32-20-14-17-23-35(32)44-48-39(5,6)40(7,8)49-44)27-30(26-28)33-21-15-18-24-36(33)45-50-41(9,10)42(11,12)51-45/h13-27H,1-12H3. The predicted octanol–water partition coefficient (Wildman–Crippen LogP) is 7.59. The summed E-state index contributed by atoms with van der Waals surface area (Å²) in [5.74, 6) is 0. The molecule has 3 aliphatic heterocycles. The van der Waals surface area contributed by atoms with Gasteiger partial charge in [0.25, 0.3) is 0 Å². The minimum absolute atomic E-state index is 0.471. The van der Waals surface area contributed by atoms with Gasteiger partial charge in [-0.15, -0.1) is 0 Å². The first-order chi connectivity index (χ1) is 23.7. The number of hydrogen-bond acceptors (Lipinski definition) is 6. The van der Waals surface area contributed by atoms with Crippen LogP contribution in [0.1, 0.15) is 83.1 Å². The lowest BCUT2D eigenvalue weighted by Crippen LogP contribution is -2.41. The highest BCUT2D eigenvalue weighted by Crippen LogP contribution is 2.41. The Labute approximate surface area is 306 Å². The highest BCUT2D eigenvalue weighted by Gasteiger charge is 2.54. The van der Waals surface area contributed by atoms with Gasteiger partial charge in [-0.3, -0.25) is 0 Å². The summed E-state index contributed by atoms with van der Waals surface area (Å²) in [5.41, 5.74) is 6.38. The van der Waals surface area contributed by atoms with Crippen LogP contribution in [0.15, 0.2) is 91.0 Å². The maximum absolute atomic E-state index is 6.60. The SMILES string of the molecule is CC1(C)OB(c2ccccc2-c2cc(-c3ccccc3B3OC(C)(C)C(C)(C)O3)cc(-c3ccccc3B3OC(C)(C)C(C)(C)O3)c2)OC1(C)C. The van der Waals surface area contributed by atoms with Crippen molar-refractivity contribution in [2.45, 2.75) is 117 Å². The van der Waals surface area contributed by atoms with Crippen molar-refractivity contribution < 1.29 is 27.9 Å². The van der Waals surface area contributed by atoms with Crippen LogP contribution in [0, 0.1) is 0 Å². The fourth-order valence-corrected chi connectivity index (χ4v) is 6.90. The van der Waals surface area contributed by atoms with Crippen molar-refractivity contribution >= 4 is 37.7 Å². The van der Waals surface area contributed by atoms with Crippen molar-refractivity contribution in [3.8, 4) is 33.4 Å². The highest BCUT2D eigenvalue weighted by atomic mass is 16.7. The summed E-state index contributed by atoms with van der Waals surface area (Å²) in [6.45, 7) is 25.1. The quantitative estimate of drug-likeness (QED) is 0.195. The Morgan fingerprint density at radius 1 is 0.314 bits per heavy atom. The molecule has 6 nitrogen and oxygen atoms in total. The smallest absolute Gasteiger partial charge is 0.399 e. The van der Waals surface area contributed by atoms with Gasteiger partial charge >= 0.3 is 21.4 Å². The lowest BCUT2D eigenvalue weighted by atomic mass is 9.71. The van der Waals surface area contributed by atoms with Gasteiger partial charge in [-0.2, -0.15) is 0 Å². The Kier molecular flexibility index (Phi) is 8.65. The molecule has 0 amide bonds. The fraction of sp³-hybridized carbons (Fsp3) is 0.429. The van der Waals surface area contributed by atoms with Crippen LogP contribution in [0.4, 0.5) is 0 Å². The van der Waals surface area contributed by atoms with Gasteiger partial charge in [-0.1, -0.05) is 72.8 Å². The molecule has 4 aromatic rings. The van der Waals surface area contributed by atoms with Crippen LogP contribution in [0.3, 0.4) is 0 Å². The van der Waals surface area contributed by atoms with Crippen LogP contribution >= 0.6 is 0 Å². The number of benzene rings is 4. The first-order valence-corrected chi connectivity index (χ1v) is 18.2. The first kappa shape index (κ1) is 36.2. The fourth-order valence-electron chi connectivity index (χ4n) is 6.90. The van der Waals surface area contributed by atoms with E-state index in [-0.39, 0.29) is 0 Å². The Hall–Kier alpha value is -3.17. The van der Waals surface area contributed by atoms with Crippen LogP contribution in [-0.4, -0.2) is 55.0 Å². The number of hydrogen-bond donors (Lipinski definition) is 0. The molecule has 0 aromatic heterocycles. The van der Waals surface area contributed by atoms with E-state index in [9.17, 15) is 0 Å². The summed E-state index contributed by atoms with van der Waals surface area (Å²) in [4.78, 5) is 0. The summed E-state index contributed by atoms with van der Waals surface area (Å²) in [6.07, 6.45) is 0. The van der Waals surface area contributed by atoms with E-state index < -0.39 is 55.0 Å². The Morgan fingerprint density at radius 3 is 0.725 bits per heavy atom. The van der Waals surface area contributed by atoms with Gasteiger partial charge in [0, 0.05) is 0 Å². The molecule has 0 radical (unpaired) electrons. The molecule has 0 spiro atoms. The van der Waals surface area contributed by atoms with E-state index in [0.29, 0.717) is 0 Å². The lowest BCUT2D eigenvalue weighted by molar-refractivity contribution is 0.00578. The minimum atomic E-state index is -0.521. The van der Waals surface area contributed by atoms with Gasteiger partial charge < -0.3 is 27.9 Å². The van der Waals surface area contributed by atoms with Crippen LogP contribution in [0.2, 0.25) is 0 Å². The Balaban J connectivity index is 1.42. The zero-order chi connectivity index (χ0) is 36.8. The third kappa shape index (κ3) is 6.24. The van der Waals surface area contributed by atoms with E-state index in [4.69, 9.17) is 27.9 Å². The van der Waals surface area contributed by atoms with Crippen molar-refractivity contribution in [2.24, 2.45) is 0 Å². The molecular weight excluding hydrogens is 633 g/mol. The molecule has 3 saturated heterocycles. The molecule has 3 aliphatic rings. The summed E-state index contributed by atoms with van der Waals surface area (Å²) in [5, 5.41) is 0. The third-order valence-corrected chi connectivity index (χ3v) is 12.3. The van der Waals surface area contributed by atoms with Crippen molar-refractivity contribution in [3.05, 3.63) is 91.0 Å². The molecule has 0 saturated carbocycles. The van der Waals surface area contributed by atoms with Crippen LogP contribution in [0.25, 0.3) is 33.4 Å². The van der Waals surface area contributed by atoms with Crippen LogP contribution < -0.4 is 16.4 Å². The molecular formula is C42H51B3O6. The van der Waals surface area contributed by atoms with Gasteiger partial charge in [0.15, 0.2) is 0 Å². The topological polar surface area (TPSA) is 55.4 Å². The second-order valence-electron chi connectivity index (χ2n) is 17.3. The summed E-state index contributed by atoms with van der Waals surface area (Å²) in [7, 11) is -1.56. The monoisotopic (exact) mass is 684 g/mol. The normalized spacial score (nSPS) is 22.5. The molecule has 0 aliphatic carbocycles. The van der Waals surface area contributed by atoms with Gasteiger partial charge in [0.05, 0.1) is 33.6 Å². The van der Waals surface area contributed by atoms with Crippen molar-refractivity contribution in [2.75, 3.05) is 0 Å². The zero-order valence-corrected chi connectivity index (χ0v) is 32.3. The first-order valence-electron chi connectivity index (χ1n) is 18.2. The van der Waals surface area contributed by atoms with Gasteiger partial charge in [0.2, 0.25) is 0 Å². The van der Waals surface area contributed by atoms with E-state index in [1.165, 1.54) is 0 Å². The summed E-state index contributed by atoms with van der Waals surface area (Å²) in [6, 6.07) is 32.0. The van der Waals surface area contributed by atoms with Gasteiger partial charge in [0.1, 0.15) is 0 Å². The summed E-state index contributed by atoms with van der Waals surface area (Å²) < 4.78 is 39.6.